The average Bonchev–Trinajstić information content (AvgIpc) is 2.58. The largest absolute Gasteiger partial charge is 0.478 e. The lowest BCUT2D eigenvalue weighted by molar-refractivity contribution is 0.0697. The molecule has 1 aromatic carbocycles. The predicted octanol–water partition coefficient (Wildman–Crippen LogP) is 3.09. The Morgan fingerprint density at radius 1 is 1.38 bits per heavy atom. The number of alkyl halides is 3. The molecule has 1 aromatic heterocycles. The van der Waals surface area contributed by atoms with Gasteiger partial charge in [-0.15, -0.1) is 0 Å². The molecule has 2 rings (SSSR count). The van der Waals surface area contributed by atoms with Gasteiger partial charge in [0.2, 0.25) is 3.79 Å². The second-order valence-electron chi connectivity index (χ2n) is 3.12. The predicted molar refractivity (Wildman–Crippen MR) is 62.3 cm³/mol. The van der Waals surface area contributed by atoms with Crippen molar-refractivity contribution in [1.82, 2.24) is 9.97 Å². The van der Waals surface area contributed by atoms with Gasteiger partial charge in [-0.25, -0.2) is 9.78 Å². The van der Waals surface area contributed by atoms with Crippen LogP contribution in [-0.4, -0.2) is 21.0 Å². The zero-order valence-electron chi connectivity index (χ0n) is 7.67. The summed E-state index contributed by atoms with van der Waals surface area (Å²) in [6.45, 7) is 0. The Morgan fingerprint density at radius 2 is 2.06 bits per heavy atom. The second kappa shape index (κ2) is 3.80. The van der Waals surface area contributed by atoms with Gasteiger partial charge in [0, 0.05) is 0 Å². The molecule has 0 aliphatic rings. The van der Waals surface area contributed by atoms with E-state index in [2.05, 4.69) is 9.97 Å². The number of nitrogens with zero attached hydrogens (tertiary/aromatic N) is 1. The van der Waals surface area contributed by atoms with E-state index < -0.39 is 9.76 Å². The molecule has 2 aromatic rings. The fraction of sp³-hybridized carbons (Fsp3) is 0.111. The van der Waals surface area contributed by atoms with E-state index in [1.165, 1.54) is 12.1 Å². The Hall–Kier alpha value is -0.970. The van der Waals surface area contributed by atoms with Gasteiger partial charge in [0.05, 0.1) is 16.6 Å². The minimum Gasteiger partial charge on any atom is -0.478 e. The van der Waals surface area contributed by atoms with E-state index in [1.807, 2.05) is 0 Å². The van der Waals surface area contributed by atoms with Gasteiger partial charge in [0.15, 0.2) is 5.82 Å². The van der Waals surface area contributed by atoms with Crippen LogP contribution in [0.25, 0.3) is 11.0 Å². The number of carboxylic acids is 1. The number of imidazole rings is 1. The molecule has 0 atom stereocenters. The van der Waals surface area contributed by atoms with Crippen LogP contribution in [0.15, 0.2) is 18.2 Å². The molecule has 0 aliphatic heterocycles. The maximum absolute atomic E-state index is 10.7. The molecule has 0 bridgehead atoms. The maximum Gasteiger partial charge on any atom is 0.335 e. The summed E-state index contributed by atoms with van der Waals surface area (Å²) >= 11 is 17.0. The third kappa shape index (κ3) is 2.09. The first kappa shape index (κ1) is 11.5. The van der Waals surface area contributed by atoms with E-state index >= 15 is 0 Å². The number of rotatable bonds is 1. The highest BCUT2D eigenvalue weighted by atomic mass is 35.6. The van der Waals surface area contributed by atoms with Crippen molar-refractivity contribution >= 4 is 51.8 Å². The summed E-state index contributed by atoms with van der Waals surface area (Å²) in [5.41, 5.74) is 1.21. The summed E-state index contributed by atoms with van der Waals surface area (Å²) in [7, 11) is 0. The molecule has 0 fully saturated rings. The Labute approximate surface area is 105 Å². The highest BCUT2D eigenvalue weighted by Crippen LogP contribution is 2.37. The highest BCUT2D eigenvalue weighted by Gasteiger charge is 2.27. The monoisotopic (exact) mass is 278 g/mol. The van der Waals surface area contributed by atoms with E-state index in [0.717, 1.165) is 0 Å². The number of aromatic carboxylic acids is 1. The molecule has 1 heterocycles. The lowest BCUT2D eigenvalue weighted by Gasteiger charge is -2.04. The van der Waals surface area contributed by atoms with Crippen molar-refractivity contribution in [3.8, 4) is 0 Å². The van der Waals surface area contributed by atoms with Crippen LogP contribution < -0.4 is 0 Å². The zero-order valence-corrected chi connectivity index (χ0v) is 9.94. The number of carboxylic acid groups (broad SMARTS) is 1. The van der Waals surface area contributed by atoms with Crippen molar-refractivity contribution in [3.63, 3.8) is 0 Å². The SMILES string of the molecule is O=C(O)c1ccc2nc(C(Cl)(Cl)Cl)[nH]c2c1. The number of benzene rings is 1. The quantitative estimate of drug-likeness (QED) is 0.788. The molecule has 0 radical (unpaired) electrons. The van der Waals surface area contributed by atoms with Crippen molar-refractivity contribution in [2.75, 3.05) is 0 Å². The minimum atomic E-state index is -1.65. The van der Waals surface area contributed by atoms with Crippen LogP contribution in [0.1, 0.15) is 16.2 Å². The minimum absolute atomic E-state index is 0.145. The van der Waals surface area contributed by atoms with Gasteiger partial charge < -0.3 is 10.1 Å². The number of aromatic nitrogens is 2. The molecular formula is C9H5Cl3N2O2. The summed E-state index contributed by atoms with van der Waals surface area (Å²) in [4.78, 5) is 17.5. The van der Waals surface area contributed by atoms with Crippen LogP contribution in [0.2, 0.25) is 0 Å². The van der Waals surface area contributed by atoms with E-state index in [0.29, 0.717) is 11.0 Å². The first-order valence-corrected chi connectivity index (χ1v) is 5.31. The summed E-state index contributed by atoms with van der Waals surface area (Å²) < 4.78 is -1.65. The van der Waals surface area contributed by atoms with E-state index in [1.54, 1.807) is 6.07 Å². The van der Waals surface area contributed by atoms with Crippen LogP contribution >= 0.6 is 34.8 Å². The zero-order chi connectivity index (χ0) is 11.9. The molecule has 0 amide bonds. The smallest absolute Gasteiger partial charge is 0.335 e. The number of hydrogen-bond donors (Lipinski definition) is 2. The number of hydrogen-bond acceptors (Lipinski definition) is 2. The molecule has 7 heteroatoms. The van der Waals surface area contributed by atoms with Gasteiger partial charge in [-0.2, -0.15) is 0 Å². The van der Waals surface area contributed by atoms with Crippen molar-refractivity contribution < 1.29 is 9.90 Å². The fourth-order valence-electron chi connectivity index (χ4n) is 1.28. The van der Waals surface area contributed by atoms with Crippen molar-refractivity contribution in [1.29, 1.82) is 0 Å². The topological polar surface area (TPSA) is 66.0 Å². The summed E-state index contributed by atoms with van der Waals surface area (Å²) in [5, 5.41) is 8.80. The number of nitrogens with one attached hydrogen (secondary N) is 1. The van der Waals surface area contributed by atoms with Gasteiger partial charge in [-0.05, 0) is 18.2 Å². The van der Waals surface area contributed by atoms with Crippen LogP contribution in [0.4, 0.5) is 0 Å². The van der Waals surface area contributed by atoms with E-state index in [4.69, 9.17) is 39.9 Å². The summed E-state index contributed by atoms with van der Waals surface area (Å²) in [6, 6.07) is 4.42. The molecule has 4 nitrogen and oxygen atoms in total. The third-order valence-corrected chi connectivity index (χ3v) is 2.53. The first-order chi connectivity index (χ1) is 7.38. The number of carbonyl (C=O) groups is 1. The van der Waals surface area contributed by atoms with Gasteiger partial charge in [0.1, 0.15) is 0 Å². The first-order valence-electron chi connectivity index (χ1n) is 4.18. The van der Waals surface area contributed by atoms with Crippen molar-refractivity contribution in [2.24, 2.45) is 0 Å². The molecule has 0 unspecified atom stereocenters. The lowest BCUT2D eigenvalue weighted by atomic mass is 10.2. The molecule has 84 valence electrons. The number of H-pyrrole nitrogens is 1. The average molecular weight is 280 g/mol. The van der Waals surface area contributed by atoms with Crippen LogP contribution in [-0.2, 0) is 3.79 Å². The fourth-order valence-corrected chi connectivity index (χ4v) is 1.55. The van der Waals surface area contributed by atoms with Gasteiger partial charge in [0.25, 0.3) is 0 Å². The lowest BCUT2D eigenvalue weighted by Crippen LogP contribution is -2.02. The number of aromatic amines is 1. The molecular weight excluding hydrogens is 274 g/mol. The maximum atomic E-state index is 10.7. The van der Waals surface area contributed by atoms with Gasteiger partial charge in [-0.3, -0.25) is 0 Å². The summed E-state index contributed by atoms with van der Waals surface area (Å²) in [5.74, 6) is -0.859. The van der Waals surface area contributed by atoms with Crippen LogP contribution in [0.3, 0.4) is 0 Å². The Balaban J connectivity index is 2.59. The van der Waals surface area contributed by atoms with E-state index in [9.17, 15) is 4.79 Å². The molecule has 16 heavy (non-hydrogen) atoms. The molecule has 0 saturated carbocycles. The van der Waals surface area contributed by atoms with Crippen molar-refractivity contribution in [3.05, 3.63) is 29.6 Å². The van der Waals surface area contributed by atoms with Crippen LogP contribution in [0.5, 0.6) is 0 Å². The second-order valence-corrected chi connectivity index (χ2v) is 5.40. The highest BCUT2D eigenvalue weighted by molar-refractivity contribution is 6.66. The number of halogens is 3. The standard InChI is InChI=1S/C9H5Cl3N2O2/c10-9(11,12)8-13-5-2-1-4(7(15)16)3-6(5)14-8/h1-3H,(H,13,14)(H,15,16). The third-order valence-electron chi connectivity index (χ3n) is 2.00. The Bertz CT molecular complexity index is 559. The summed E-state index contributed by atoms with van der Waals surface area (Å²) in [6.07, 6.45) is 0. The number of fused-ring (bicyclic) bond motifs is 1. The van der Waals surface area contributed by atoms with Gasteiger partial charge >= 0.3 is 5.97 Å². The van der Waals surface area contributed by atoms with Crippen molar-refractivity contribution in [2.45, 2.75) is 3.79 Å². The van der Waals surface area contributed by atoms with Crippen LogP contribution in [0, 0.1) is 0 Å². The molecule has 0 saturated heterocycles. The Kier molecular flexibility index (Phi) is 2.74. The van der Waals surface area contributed by atoms with Gasteiger partial charge in [-0.1, -0.05) is 34.8 Å². The molecule has 0 spiro atoms. The molecule has 0 aliphatic carbocycles. The molecule has 2 N–H and O–H groups in total. The van der Waals surface area contributed by atoms with E-state index in [-0.39, 0.29) is 11.4 Å². The normalized spacial score (nSPS) is 11.9. The Morgan fingerprint density at radius 3 is 2.62 bits per heavy atom.